The Kier molecular flexibility index (Phi) is 4.17. The minimum absolute atomic E-state index is 0.00148. The average Bonchev–Trinajstić information content (AvgIpc) is 2.28. The maximum absolute atomic E-state index is 11.1. The molecule has 0 heterocycles. The van der Waals surface area contributed by atoms with Crippen molar-refractivity contribution in [3.8, 4) is 0 Å². The van der Waals surface area contributed by atoms with Gasteiger partial charge in [-0.25, -0.2) is 0 Å². The van der Waals surface area contributed by atoms with Crippen LogP contribution in [0.4, 0.5) is 5.69 Å². The minimum atomic E-state index is -0.595. The van der Waals surface area contributed by atoms with E-state index in [4.69, 9.17) is 5.73 Å². The number of nitro groups is 1. The summed E-state index contributed by atoms with van der Waals surface area (Å²) >= 11 is 0. The molecule has 6 heteroatoms. The van der Waals surface area contributed by atoms with E-state index in [1.54, 1.807) is 13.0 Å². The SMILES string of the molecule is COC(=O)CC(N)c1cc([N+](=O)[O-])ccc1C. The summed E-state index contributed by atoms with van der Waals surface area (Å²) in [4.78, 5) is 21.2. The molecule has 0 bridgehead atoms. The van der Waals surface area contributed by atoms with Gasteiger partial charge in [0, 0.05) is 18.2 Å². The molecular weight excluding hydrogens is 224 g/mol. The molecule has 0 aliphatic heterocycles. The first-order valence-corrected chi connectivity index (χ1v) is 5.03. The molecule has 1 aromatic carbocycles. The van der Waals surface area contributed by atoms with Crippen molar-refractivity contribution in [2.75, 3.05) is 7.11 Å². The summed E-state index contributed by atoms with van der Waals surface area (Å²) in [6.45, 7) is 1.79. The minimum Gasteiger partial charge on any atom is -0.469 e. The highest BCUT2D eigenvalue weighted by atomic mass is 16.6. The van der Waals surface area contributed by atoms with Gasteiger partial charge in [0.15, 0.2) is 0 Å². The predicted molar refractivity (Wildman–Crippen MR) is 61.4 cm³/mol. The molecule has 92 valence electrons. The summed E-state index contributed by atoms with van der Waals surface area (Å²) in [6.07, 6.45) is -0.00148. The molecule has 0 fully saturated rings. The van der Waals surface area contributed by atoms with Crippen molar-refractivity contribution in [3.05, 3.63) is 39.4 Å². The van der Waals surface area contributed by atoms with Crippen LogP contribution in [-0.4, -0.2) is 18.0 Å². The first-order valence-electron chi connectivity index (χ1n) is 5.03. The van der Waals surface area contributed by atoms with Crippen LogP contribution in [0.2, 0.25) is 0 Å². The summed E-state index contributed by atoms with van der Waals surface area (Å²) in [5, 5.41) is 10.6. The number of hydrogen-bond donors (Lipinski definition) is 1. The van der Waals surface area contributed by atoms with Crippen LogP contribution in [0.15, 0.2) is 18.2 Å². The third kappa shape index (κ3) is 3.25. The molecule has 0 aliphatic rings. The van der Waals surface area contributed by atoms with Crippen molar-refractivity contribution >= 4 is 11.7 Å². The van der Waals surface area contributed by atoms with Gasteiger partial charge in [0.05, 0.1) is 18.5 Å². The molecule has 0 spiro atoms. The van der Waals surface area contributed by atoms with Crippen molar-refractivity contribution in [1.82, 2.24) is 0 Å². The van der Waals surface area contributed by atoms with E-state index < -0.39 is 16.9 Å². The number of carbonyl (C=O) groups excluding carboxylic acids is 1. The van der Waals surface area contributed by atoms with E-state index in [1.807, 2.05) is 0 Å². The fourth-order valence-electron chi connectivity index (χ4n) is 1.51. The Morgan fingerprint density at radius 1 is 1.59 bits per heavy atom. The number of aryl methyl sites for hydroxylation is 1. The second-order valence-corrected chi connectivity index (χ2v) is 3.68. The number of benzene rings is 1. The van der Waals surface area contributed by atoms with Gasteiger partial charge in [-0.05, 0) is 18.1 Å². The lowest BCUT2D eigenvalue weighted by Gasteiger charge is -2.13. The third-order valence-corrected chi connectivity index (χ3v) is 2.49. The molecule has 0 saturated carbocycles. The van der Waals surface area contributed by atoms with Crippen LogP contribution < -0.4 is 5.73 Å². The largest absolute Gasteiger partial charge is 0.469 e. The van der Waals surface area contributed by atoms with E-state index in [9.17, 15) is 14.9 Å². The van der Waals surface area contributed by atoms with Gasteiger partial charge in [-0.3, -0.25) is 14.9 Å². The number of nitrogens with zero attached hydrogens (tertiary/aromatic N) is 1. The highest BCUT2D eigenvalue weighted by Gasteiger charge is 2.17. The van der Waals surface area contributed by atoms with Crippen LogP contribution in [0.25, 0.3) is 0 Å². The number of nitrogens with two attached hydrogens (primary N) is 1. The van der Waals surface area contributed by atoms with Crippen molar-refractivity contribution in [3.63, 3.8) is 0 Å². The fraction of sp³-hybridized carbons (Fsp3) is 0.364. The molecular formula is C11H14N2O4. The topological polar surface area (TPSA) is 95.5 Å². The molecule has 6 nitrogen and oxygen atoms in total. The zero-order valence-corrected chi connectivity index (χ0v) is 9.67. The van der Waals surface area contributed by atoms with Gasteiger partial charge in [-0.15, -0.1) is 0 Å². The Labute approximate surface area is 98.5 Å². The number of ether oxygens (including phenoxy) is 1. The third-order valence-electron chi connectivity index (χ3n) is 2.49. The van der Waals surface area contributed by atoms with E-state index in [1.165, 1.54) is 19.2 Å². The Morgan fingerprint density at radius 2 is 2.24 bits per heavy atom. The van der Waals surface area contributed by atoms with Gasteiger partial charge >= 0.3 is 5.97 Å². The molecule has 0 saturated heterocycles. The lowest BCUT2D eigenvalue weighted by atomic mass is 9.99. The summed E-state index contributed by atoms with van der Waals surface area (Å²) in [7, 11) is 1.27. The molecule has 0 aromatic heterocycles. The maximum Gasteiger partial charge on any atom is 0.307 e. The monoisotopic (exact) mass is 238 g/mol. The highest BCUT2D eigenvalue weighted by Crippen LogP contribution is 2.23. The molecule has 1 unspecified atom stereocenters. The quantitative estimate of drug-likeness (QED) is 0.486. The van der Waals surface area contributed by atoms with Crippen LogP contribution >= 0.6 is 0 Å². The molecule has 17 heavy (non-hydrogen) atoms. The average molecular weight is 238 g/mol. The van der Waals surface area contributed by atoms with Crippen LogP contribution in [0, 0.1) is 17.0 Å². The van der Waals surface area contributed by atoms with E-state index >= 15 is 0 Å². The van der Waals surface area contributed by atoms with Gasteiger partial charge in [0.25, 0.3) is 5.69 Å². The standard InChI is InChI=1S/C11H14N2O4/c1-7-3-4-8(13(15)16)5-9(7)10(12)6-11(14)17-2/h3-5,10H,6,12H2,1-2H3. The van der Waals surface area contributed by atoms with Gasteiger partial charge in [-0.1, -0.05) is 6.07 Å². The van der Waals surface area contributed by atoms with Crippen LogP contribution in [0.3, 0.4) is 0 Å². The number of nitro benzene ring substituents is 1. The van der Waals surface area contributed by atoms with E-state index in [2.05, 4.69) is 4.74 Å². The molecule has 0 radical (unpaired) electrons. The second-order valence-electron chi connectivity index (χ2n) is 3.68. The predicted octanol–water partition coefficient (Wildman–Crippen LogP) is 1.47. The zero-order valence-electron chi connectivity index (χ0n) is 9.67. The van der Waals surface area contributed by atoms with E-state index in [0.29, 0.717) is 5.56 Å². The first kappa shape index (κ1) is 13.1. The van der Waals surface area contributed by atoms with Gasteiger partial charge in [0.2, 0.25) is 0 Å². The van der Waals surface area contributed by atoms with Crippen LogP contribution in [-0.2, 0) is 9.53 Å². The van der Waals surface area contributed by atoms with Crippen LogP contribution in [0.5, 0.6) is 0 Å². The van der Waals surface area contributed by atoms with Crippen molar-refractivity contribution < 1.29 is 14.5 Å². The number of esters is 1. The first-order chi connectivity index (χ1) is 7.95. The van der Waals surface area contributed by atoms with E-state index in [-0.39, 0.29) is 12.1 Å². The Hall–Kier alpha value is -1.95. The maximum atomic E-state index is 11.1. The zero-order chi connectivity index (χ0) is 13.0. The van der Waals surface area contributed by atoms with Crippen molar-refractivity contribution in [2.45, 2.75) is 19.4 Å². The van der Waals surface area contributed by atoms with Gasteiger partial charge < -0.3 is 10.5 Å². The Morgan fingerprint density at radius 3 is 2.76 bits per heavy atom. The molecule has 1 rings (SSSR count). The normalized spacial score (nSPS) is 11.9. The number of hydrogen-bond acceptors (Lipinski definition) is 5. The molecule has 0 amide bonds. The highest BCUT2D eigenvalue weighted by molar-refractivity contribution is 5.70. The van der Waals surface area contributed by atoms with Crippen LogP contribution in [0.1, 0.15) is 23.6 Å². The number of rotatable bonds is 4. The number of methoxy groups -OCH3 is 1. The van der Waals surface area contributed by atoms with Crippen molar-refractivity contribution in [1.29, 1.82) is 0 Å². The van der Waals surface area contributed by atoms with E-state index in [0.717, 1.165) is 5.56 Å². The Bertz CT molecular complexity index is 445. The van der Waals surface area contributed by atoms with Crippen molar-refractivity contribution in [2.24, 2.45) is 5.73 Å². The lowest BCUT2D eigenvalue weighted by molar-refractivity contribution is -0.384. The molecule has 0 aliphatic carbocycles. The number of carbonyl (C=O) groups is 1. The summed E-state index contributed by atoms with van der Waals surface area (Å²) < 4.78 is 4.51. The molecule has 1 aromatic rings. The lowest BCUT2D eigenvalue weighted by Crippen LogP contribution is -2.17. The van der Waals surface area contributed by atoms with Gasteiger partial charge in [-0.2, -0.15) is 0 Å². The Balaban J connectivity index is 2.99. The second kappa shape index (κ2) is 5.40. The smallest absolute Gasteiger partial charge is 0.307 e. The number of non-ortho nitro benzene ring substituents is 1. The summed E-state index contributed by atoms with van der Waals surface area (Å²) in [5.74, 6) is -0.441. The summed E-state index contributed by atoms with van der Waals surface area (Å²) in [5.41, 5.74) is 7.18. The summed E-state index contributed by atoms with van der Waals surface area (Å²) in [6, 6.07) is 3.82. The molecule has 2 N–H and O–H groups in total. The van der Waals surface area contributed by atoms with Gasteiger partial charge in [0.1, 0.15) is 0 Å². The fourth-order valence-corrected chi connectivity index (χ4v) is 1.51. The molecule has 1 atom stereocenters.